The van der Waals surface area contributed by atoms with E-state index in [2.05, 4.69) is 28.4 Å². The molecular weight excluding hydrogens is 212 g/mol. The molecule has 0 aromatic carbocycles. The molecular formula is C13H18N4. The van der Waals surface area contributed by atoms with Gasteiger partial charge in [0.2, 0.25) is 0 Å². The fourth-order valence-corrected chi connectivity index (χ4v) is 2.53. The molecule has 1 unspecified atom stereocenters. The molecule has 1 saturated heterocycles. The lowest BCUT2D eigenvalue weighted by Gasteiger charge is -2.21. The molecule has 1 aliphatic rings. The van der Waals surface area contributed by atoms with Crippen molar-refractivity contribution in [1.29, 1.82) is 0 Å². The molecule has 0 aliphatic carbocycles. The van der Waals surface area contributed by atoms with Crippen molar-refractivity contribution in [1.82, 2.24) is 19.9 Å². The molecule has 1 N–H and O–H groups in total. The maximum Gasteiger partial charge on any atom is 0.158 e. The summed E-state index contributed by atoms with van der Waals surface area (Å²) in [6.07, 6.45) is 5.53. The summed E-state index contributed by atoms with van der Waals surface area (Å²) in [5.41, 5.74) is 2.18. The molecule has 0 spiro atoms. The van der Waals surface area contributed by atoms with E-state index in [9.17, 15) is 0 Å². The Morgan fingerprint density at radius 1 is 1.53 bits per heavy atom. The van der Waals surface area contributed by atoms with Crippen molar-refractivity contribution >= 4 is 5.65 Å². The summed E-state index contributed by atoms with van der Waals surface area (Å²) < 4.78 is 1.89. The zero-order valence-electron chi connectivity index (χ0n) is 10.2. The largest absolute Gasteiger partial charge is 0.316 e. The number of hydrogen-bond donors (Lipinski definition) is 1. The van der Waals surface area contributed by atoms with E-state index in [0.717, 1.165) is 31.0 Å². The van der Waals surface area contributed by atoms with Crippen LogP contribution in [-0.4, -0.2) is 27.7 Å². The number of aryl methyl sites for hydroxylation is 1. The van der Waals surface area contributed by atoms with Gasteiger partial charge >= 0.3 is 0 Å². The summed E-state index contributed by atoms with van der Waals surface area (Å²) in [4.78, 5) is 4.63. The van der Waals surface area contributed by atoms with Crippen molar-refractivity contribution in [3.8, 4) is 0 Å². The molecule has 0 amide bonds. The van der Waals surface area contributed by atoms with Gasteiger partial charge in [-0.05, 0) is 50.4 Å². The number of aromatic nitrogens is 3. The molecule has 3 rings (SSSR count). The SMILES string of the molecule is Cc1cccn2nc(CC3CCCNC3)nc12. The minimum absolute atomic E-state index is 0.696. The van der Waals surface area contributed by atoms with Crippen LogP contribution >= 0.6 is 0 Å². The Kier molecular flexibility index (Phi) is 2.81. The average Bonchev–Trinajstić information content (AvgIpc) is 2.74. The van der Waals surface area contributed by atoms with Crippen LogP contribution < -0.4 is 5.32 Å². The van der Waals surface area contributed by atoms with Gasteiger partial charge in [0.1, 0.15) is 0 Å². The summed E-state index contributed by atoms with van der Waals surface area (Å²) in [5, 5.41) is 7.98. The summed E-state index contributed by atoms with van der Waals surface area (Å²) in [6, 6.07) is 4.10. The van der Waals surface area contributed by atoms with Crippen LogP contribution in [0.15, 0.2) is 18.3 Å². The molecule has 1 atom stereocenters. The van der Waals surface area contributed by atoms with Crippen LogP contribution in [0.2, 0.25) is 0 Å². The maximum atomic E-state index is 4.63. The van der Waals surface area contributed by atoms with Gasteiger partial charge in [-0.25, -0.2) is 9.50 Å². The van der Waals surface area contributed by atoms with Crippen molar-refractivity contribution in [2.45, 2.75) is 26.2 Å². The smallest absolute Gasteiger partial charge is 0.158 e. The van der Waals surface area contributed by atoms with Crippen LogP contribution in [0.4, 0.5) is 0 Å². The van der Waals surface area contributed by atoms with Gasteiger partial charge in [0.05, 0.1) is 0 Å². The van der Waals surface area contributed by atoms with Gasteiger partial charge in [0, 0.05) is 12.6 Å². The molecule has 17 heavy (non-hydrogen) atoms. The van der Waals surface area contributed by atoms with Gasteiger partial charge in [-0.15, -0.1) is 0 Å². The Bertz CT molecular complexity index is 511. The van der Waals surface area contributed by atoms with E-state index in [1.165, 1.54) is 18.4 Å². The van der Waals surface area contributed by atoms with Crippen LogP contribution in [0.3, 0.4) is 0 Å². The fourth-order valence-electron chi connectivity index (χ4n) is 2.53. The van der Waals surface area contributed by atoms with Crippen molar-refractivity contribution in [3.63, 3.8) is 0 Å². The zero-order chi connectivity index (χ0) is 11.7. The third-order valence-corrected chi connectivity index (χ3v) is 3.47. The second-order valence-corrected chi connectivity index (χ2v) is 4.90. The number of rotatable bonds is 2. The van der Waals surface area contributed by atoms with Gasteiger partial charge in [-0.3, -0.25) is 0 Å². The second kappa shape index (κ2) is 4.45. The Balaban J connectivity index is 1.83. The molecule has 1 fully saturated rings. The number of nitrogens with zero attached hydrogens (tertiary/aromatic N) is 3. The Morgan fingerprint density at radius 3 is 3.24 bits per heavy atom. The predicted octanol–water partition coefficient (Wildman–Crippen LogP) is 1.58. The summed E-state index contributed by atoms with van der Waals surface area (Å²) in [6.45, 7) is 4.35. The first-order chi connectivity index (χ1) is 8.33. The third kappa shape index (κ3) is 2.17. The normalized spacial score (nSPS) is 20.9. The molecule has 2 aromatic heterocycles. The highest BCUT2D eigenvalue weighted by Gasteiger charge is 2.16. The first-order valence-corrected chi connectivity index (χ1v) is 6.34. The summed E-state index contributed by atoms with van der Waals surface area (Å²) in [7, 11) is 0. The van der Waals surface area contributed by atoms with Crippen LogP contribution in [0.5, 0.6) is 0 Å². The Labute approximate surface area is 101 Å². The highest BCUT2D eigenvalue weighted by atomic mass is 15.3. The predicted molar refractivity (Wildman–Crippen MR) is 67.0 cm³/mol. The number of nitrogens with one attached hydrogen (secondary N) is 1. The standard InChI is InChI=1S/C13H18N4/c1-10-4-3-7-17-13(10)15-12(16-17)8-11-5-2-6-14-9-11/h3-4,7,11,14H,2,5-6,8-9H2,1H3. The van der Waals surface area contributed by atoms with Crippen molar-refractivity contribution in [2.24, 2.45) is 5.92 Å². The van der Waals surface area contributed by atoms with E-state index < -0.39 is 0 Å². The Hall–Kier alpha value is -1.42. The van der Waals surface area contributed by atoms with Gasteiger partial charge in [0.25, 0.3) is 0 Å². The topological polar surface area (TPSA) is 42.2 Å². The zero-order valence-corrected chi connectivity index (χ0v) is 10.2. The van der Waals surface area contributed by atoms with Gasteiger partial charge in [-0.2, -0.15) is 5.10 Å². The van der Waals surface area contributed by atoms with Gasteiger partial charge < -0.3 is 5.32 Å². The molecule has 3 heterocycles. The van der Waals surface area contributed by atoms with Crippen molar-refractivity contribution < 1.29 is 0 Å². The van der Waals surface area contributed by atoms with Crippen molar-refractivity contribution in [3.05, 3.63) is 29.7 Å². The highest BCUT2D eigenvalue weighted by molar-refractivity contribution is 5.45. The van der Waals surface area contributed by atoms with Crippen LogP contribution in [0.25, 0.3) is 5.65 Å². The number of fused-ring (bicyclic) bond motifs is 1. The molecule has 4 nitrogen and oxygen atoms in total. The minimum atomic E-state index is 0.696. The summed E-state index contributed by atoms with van der Waals surface area (Å²) >= 11 is 0. The van der Waals surface area contributed by atoms with E-state index in [-0.39, 0.29) is 0 Å². The fraction of sp³-hybridized carbons (Fsp3) is 0.538. The van der Waals surface area contributed by atoms with Crippen LogP contribution in [0.1, 0.15) is 24.2 Å². The second-order valence-electron chi connectivity index (χ2n) is 4.90. The van der Waals surface area contributed by atoms with E-state index in [1.54, 1.807) is 0 Å². The highest BCUT2D eigenvalue weighted by Crippen LogP contribution is 2.15. The van der Waals surface area contributed by atoms with E-state index in [0.29, 0.717) is 5.92 Å². The lowest BCUT2D eigenvalue weighted by atomic mass is 9.96. The average molecular weight is 230 g/mol. The number of pyridine rings is 1. The number of piperidine rings is 1. The van der Waals surface area contributed by atoms with Gasteiger partial charge in [0.15, 0.2) is 11.5 Å². The lowest BCUT2D eigenvalue weighted by Crippen LogP contribution is -2.31. The third-order valence-electron chi connectivity index (χ3n) is 3.47. The molecule has 0 saturated carbocycles. The minimum Gasteiger partial charge on any atom is -0.316 e. The first-order valence-electron chi connectivity index (χ1n) is 6.34. The quantitative estimate of drug-likeness (QED) is 0.851. The van der Waals surface area contributed by atoms with E-state index in [1.807, 2.05) is 16.8 Å². The lowest BCUT2D eigenvalue weighted by molar-refractivity contribution is 0.371. The molecule has 0 radical (unpaired) electrons. The molecule has 4 heteroatoms. The number of hydrogen-bond acceptors (Lipinski definition) is 3. The van der Waals surface area contributed by atoms with E-state index >= 15 is 0 Å². The first kappa shape index (κ1) is 10.7. The molecule has 90 valence electrons. The van der Waals surface area contributed by atoms with E-state index in [4.69, 9.17) is 0 Å². The van der Waals surface area contributed by atoms with Gasteiger partial charge in [-0.1, -0.05) is 6.07 Å². The Morgan fingerprint density at radius 2 is 2.47 bits per heavy atom. The molecule has 2 aromatic rings. The maximum absolute atomic E-state index is 4.63. The molecule has 1 aliphatic heterocycles. The summed E-state index contributed by atoms with van der Waals surface area (Å²) in [5.74, 6) is 1.68. The molecule has 0 bridgehead atoms. The van der Waals surface area contributed by atoms with Crippen molar-refractivity contribution in [2.75, 3.05) is 13.1 Å². The monoisotopic (exact) mass is 230 g/mol. The van der Waals surface area contributed by atoms with Crippen LogP contribution in [0, 0.1) is 12.8 Å². The van der Waals surface area contributed by atoms with Crippen LogP contribution in [-0.2, 0) is 6.42 Å².